The average Bonchev–Trinajstić information content (AvgIpc) is 2.10. The SMILES string of the molecule is CC1=CC(=O)[C@H](CO)N1. The molecule has 0 amide bonds. The summed E-state index contributed by atoms with van der Waals surface area (Å²) in [5, 5.41) is 11.4. The molecule has 0 aromatic rings. The zero-order valence-corrected chi connectivity index (χ0v) is 5.22. The smallest absolute Gasteiger partial charge is 0.181 e. The van der Waals surface area contributed by atoms with Gasteiger partial charge in [-0.2, -0.15) is 0 Å². The molecule has 0 aromatic heterocycles. The number of allylic oxidation sites excluding steroid dienone is 1. The Morgan fingerprint density at radius 2 is 2.56 bits per heavy atom. The second kappa shape index (κ2) is 2.19. The minimum absolute atomic E-state index is 0.0324. The third-order valence-electron chi connectivity index (χ3n) is 1.29. The molecule has 1 aliphatic rings. The normalized spacial score (nSPS) is 25.8. The molecule has 3 heteroatoms. The predicted octanol–water partition coefficient (Wildman–Crippen LogP) is -0.577. The lowest BCUT2D eigenvalue weighted by atomic mass is 10.2. The van der Waals surface area contributed by atoms with Crippen LogP contribution in [-0.2, 0) is 4.79 Å². The average molecular weight is 127 g/mol. The van der Waals surface area contributed by atoms with Crippen molar-refractivity contribution in [2.75, 3.05) is 6.61 Å². The largest absolute Gasteiger partial charge is 0.394 e. The van der Waals surface area contributed by atoms with Crippen LogP contribution in [-0.4, -0.2) is 23.5 Å². The monoisotopic (exact) mass is 127 g/mol. The molecule has 1 rings (SSSR count). The van der Waals surface area contributed by atoms with Gasteiger partial charge in [0.25, 0.3) is 0 Å². The second-order valence-electron chi connectivity index (χ2n) is 2.11. The Labute approximate surface area is 53.4 Å². The Hall–Kier alpha value is -0.830. The zero-order valence-electron chi connectivity index (χ0n) is 5.22. The van der Waals surface area contributed by atoms with E-state index in [1.165, 1.54) is 6.08 Å². The van der Waals surface area contributed by atoms with Crippen molar-refractivity contribution >= 4 is 5.78 Å². The summed E-state index contributed by atoms with van der Waals surface area (Å²) in [5.41, 5.74) is 0.832. The molecule has 2 N–H and O–H groups in total. The van der Waals surface area contributed by atoms with E-state index >= 15 is 0 Å². The van der Waals surface area contributed by atoms with Crippen LogP contribution in [0.25, 0.3) is 0 Å². The molecule has 1 aliphatic heterocycles. The van der Waals surface area contributed by atoms with E-state index < -0.39 is 0 Å². The minimum Gasteiger partial charge on any atom is -0.394 e. The van der Waals surface area contributed by atoms with E-state index in [-0.39, 0.29) is 18.4 Å². The van der Waals surface area contributed by atoms with Gasteiger partial charge in [-0.1, -0.05) is 0 Å². The van der Waals surface area contributed by atoms with Crippen LogP contribution in [0.3, 0.4) is 0 Å². The quantitative estimate of drug-likeness (QED) is 0.495. The van der Waals surface area contributed by atoms with Crippen LogP contribution in [0.2, 0.25) is 0 Å². The van der Waals surface area contributed by atoms with Gasteiger partial charge < -0.3 is 10.4 Å². The van der Waals surface area contributed by atoms with Crippen molar-refractivity contribution in [2.45, 2.75) is 13.0 Å². The summed E-state index contributed by atoms with van der Waals surface area (Å²) in [6, 6.07) is -0.384. The zero-order chi connectivity index (χ0) is 6.85. The first kappa shape index (κ1) is 6.29. The van der Waals surface area contributed by atoms with Gasteiger partial charge in [-0.3, -0.25) is 4.79 Å². The number of hydrogen-bond donors (Lipinski definition) is 2. The van der Waals surface area contributed by atoms with E-state index in [2.05, 4.69) is 5.32 Å². The van der Waals surface area contributed by atoms with E-state index in [1.807, 2.05) is 0 Å². The fourth-order valence-corrected chi connectivity index (χ4v) is 0.837. The molecule has 3 nitrogen and oxygen atoms in total. The number of ketones is 1. The molecule has 1 atom stereocenters. The summed E-state index contributed by atoms with van der Waals surface area (Å²) in [6.45, 7) is 1.68. The van der Waals surface area contributed by atoms with Gasteiger partial charge in [-0.05, 0) is 6.92 Å². The van der Waals surface area contributed by atoms with Crippen LogP contribution < -0.4 is 5.32 Å². The Morgan fingerprint density at radius 3 is 2.78 bits per heavy atom. The Balaban J connectivity index is 2.60. The van der Waals surface area contributed by atoms with Crippen molar-refractivity contribution in [3.05, 3.63) is 11.8 Å². The molecule has 0 unspecified atom stereocenters. The number of carbonyl (C=O) groups is 1. The van der Waals surface area contributed by atoms with Crippen molar-refractivity contribution in [3.63, 3.8) is 0 Å². The molecule has 0 saturated heterocycles. The van der Waals surface area contributed by atoms with Crippen LogP contribution in [0, 0.1) is 0 Å². The molecule has 0 radical (unpaired) electrons. The van der Waals surface area contributed by atoms with Crippen LogP contribution in [0.4, 0.5) is 0 Å². The Kier molecular flexibility index (Phi) is 1.53. The lowest BCUT2D eigenvalue weighted by Crippen LogP contribution is -2.31. The first-order valence-electron chi connectivity index (χ1n) is 2.83. The molecular weight excluding hydrogens is 118 g/mol. The molecular formula is C6H9NO2. The summed E-state index contributed by atoms with van der Waals surface area (Å²) < 4.78 is 0. The molecule has 0 aromatic carbocycles. The highest BCUT2D eigenvalue weighted by Crippen LogP contribution is 2.02. The molecule has 1 heterocycles. The van der Waals surface area contributed by atoms with Gasteiger partial charge in [-0.15, -0.1) is 0 Å². The van der Waals surface area contributed by atoms with Crippen molar-refractivity contribution in [2.24, 2.45) is 0 Å². The molecule has 0 spiro atoms. The number of aliphatic hydroxyl groups is 1. The Bertz CT molecular complexity index is 162. The molecule has 50 valence electrons. The van der Waals surface area contributed by atoms with E-state index in [0.29, 0.717) is 0 Å². The number of hydrogen-bond acceptors (Lipinski definition) is 3. The first-order valence-corrected chi connectivity index (χ1v) is 2.83. The van der Waals surface area contributed by atoms with Crippen LogP contribution >= 0.6 is 0 Å². The first-order chi connectivity index (χ1) is 4.24. The molecule has 9 heavy (non-hydrogen) atoms. The van der Waals surface area contributed by atoms with E-state index in [0.717, 1.165) is 5.70 Å². The van der Waals surface area contributed by atoms with Gasteiger partial charge in [0, 0.05) is 11.8 Å². The fraction of sp³-hybridized carbons (Fsp3) is 0.500. The van der Waals surface area contributed by atoms with Gasteiger partial charge in [0.15, 0.2) is 5.78 Å². The highest BCUT2D eigenvalue weighted by Gasteiger charge is 2.20. The maximum Gasteiger partial charge on any atom is 0.181 e. The molecule has 0 bridgehead atoms. The maximum absolute atomic E-state index is 10.7. The molecule has 0 aliphatic carbocycles. The number of nitrogens with one attached hydrogen (secondary N) is 1. The second-order valence-corrected chi connectivity index (χ2v) is 2.11. The number of aliphatic hydroxyl groups excluding tert-OH is 1. The number of carbonyl (C=O) groups excluding carboxylic acids is 1. The van der Waals surface area contributed by atoms with E-state index in [4.69, 9.17) is 5.11 Å². The third-order valence-corrected chi connectivity index (χ3v) is 1.29. The standard InChI is InChI=1S/C6H9NO2/c1-4-2-6(9)5(3-8)7-4/h2,5,7-8H,3H2,1H3/t5-/m0/s1. The molecule has 0 fully saturated rings. The van der Waals surface area contributed by atoms with Gasteiger partial charge >= 0.3 is 0 Å². The van der Waals surface area contributed by atoms with Crippen molar-refractivity contribution in [1.29, 1.82) is 0 Å². The van der Waals surface area contributed by atoms with Crippen LogP contribution in [0.1, 0.15) is 6.92 Å². The van der Waals surface area contributed by atoms with E-state index in [9.17, 15) is 4.79 Å². The lowest BCUT2D eigenvalue weighted by molar-refractivity contribution is -0.116. The van der Waals surface area contributed by atoms with Crippen molar-refractivity contribution < 1.29 is 9.90 Å². The maximum atomic E-state index is 10.7. The summed E-state index contributed by atoms with van der Waals surface area (Å²) in [6.07, 6.45) is 1.50. The van der Waals surface area contributed by atoms with Gasteiger partial charge in [-0.25, -0.2) is 0 Å². The topological polar surface area (TPSA) is 49.3 Å². The highest BCUT2D eigenvalue weighted by atomic mass is 16.3. The van der Waals surface area contributed by atoms with Crippen LogP contribution in [0.5, 0.6) is 0 Å². The minimum atomic E-state index is -0.384. The molecule has 0 saturated carbocycles. The summed E-state index contributed by atoms with van der Waals surface area (Å²) >= 11 is 0. The number of rotatable bonds is 1. The van der Waals surface area contributed by atoms with Crippen molar-refractivity contribution in [3.8, 4) is 0 Å². The lowest BCUT2D eigenvalue weighted by Gasteiger charge is -2.04. The summed E-state index contributed by atoms with van der Waals surface area (Å²) in [7, 11) is 0. The fourth-order valence-electron chi connectivity index (χ4n) is 0.837. The van der Waals surface area contributed by atoms with E-state index in [1.54, 1.807) is 6.92 Å². The van der Waals surface area contributed by atoms with Gasteiger partial charge in [0.2, 0.25) is 0 Å². The summed E-state index contributed by atoms with van der Waals surface area (Å²) in [5.74, 6) is -0.0324. The van der Waals surface area contributed by atoms with Crippen molar-refractivity contribution in [1.82, 2.24) is 5.32 Å². The van der Waals surface area contributed by atoms with Crippen LogP contribution in [0.15, 0.2) is 11.8 Å². The summed E-state index contributed by atoms with van der Waals surface area (Å²) in [4.78, 5) is 10.7. The third kappa shape index (κ3) is 1.10. The Morgan fingerprint density at radius 1 is 1.89 bits per heavy atom. The van der Waals surface area contributed by atoms with Gasteiger partial charge in [0.05, 0.1) is 6.61 Å². The van der Waals surface area contributed by atoms with Gasteiger partial charge in [0.1, 0.15) is 6.04 Å². The highest BCUT2D eigenvalue weighted by molar-refractivity contribution is 5.97. The predicted molar refractivity (Wildman–Crippen MR) is 32.8 cm³/mol.